The van der Waals surface area contributed by atoms with Crippen molar-refractivity contribution in [3.05, 3.63) is 54.1 Å². The molecule has 3 heterocycles. The number of piperazine rings is 1. The summed E-state index contributed by atoms with van der Waals surface area (Å²) in [7, 11) is 1.61. The molecule has 1 aromatic carbocycles. The molecule has 1 fully saturated rings. The van der Waals surface area contributed by atoms with E-state index >= 15 is 0 Å². The maximum absolute atomic E-state index is 12.6. The summed E-state index contributed by atoms with van der Waals surface area (Å²) in [6, 6.07) is 13.1. The molecule has 1 atom stereocenters. The third-order valence-electron chi connectivity index (χ3n) is 5.35. The molecule has 0 radical (unpaired) electrons. The monoisotopic (exact) mass is 421 g/mol. The van der Waals surface area contributed by atoms with Crippen LogP contribution in [0.3, 0.4) is 0 Å². The van der Waals surface area contributed by atoms with Crippen molar-refractivity contribution in [1.29, 1.82) is 5.26 Å². The smallest absolute Gasteiger partial charge is 0.238 e. The van der Waals surface area contributed by atoms with Crippen LogP contribution >= 0.6 is 0 Å². The molecular weight excluding hydrogens is 398 g/mol. The predicted octanol–water partition coefficient (Wildman–Crippen LogP) is 2.68. The zero-order chi connectivity index (χ0) is 21.6. The maximum Gasteiger partial charge on any atom is 0.238 e. The summed E-state index contributed by atoms with van der Waals surface area (Å²) < 4.78 is 15.6. The first-order valence-corrected chi connectivity index (χ1v) is 10.1. The highest BCUT2D eigenvalue weighted by atomic mass is 16.5. The SMILES string of the molecule is COc1ccc(C(C#N)N2CCN(C(=O)CCc3nc(-c4ccco4)no3)CC2)cc1. The molecule has 0 saturated carbocycles. The van der Waals surface area contributed by atoms with Crippen LogP contribution in [0.25, 0.3) is 11.6 Å². The van der Waals surface area contributed by atoms with E-state index in [1.807, 2.05) is 29.2 Å². The zero-order valence-electron chi connectivity index (χ0n) is 17.2. The summed E-state index contributed by atoms with van der Waals surface area (Å²) in [6.45, 7) is 2.43. The van der Waals surface area contributed by atoms with Gasteiger partial charge in [0.15, 0.2) is 5.76 Å². The van der Waals surface area contributed by atoms with Gasteiger partial charge in [-0.1, -0.05) is 17.3 Å². The summed E-state index contributed by atoms with van der Waals surface area (Å²) in [5.74, 6) is 2.11. The molecule has 9 heteroatoms. The molecule has 4 rings (SSSR count). The van der Waals surface area contributed by atoms with Crippen LogP contribution < -0.4 is 4.74 Å². The fourth-order valence-electron chi connectivity index (χ4n) is 3.62. The second-order valence-corrected chi connectivity index (χ2v) is 7.21. The van der Waals surface area contributed by atoms with Gasteiger partial charge in [-0.15, -0.1) is 0 Å². The molecule has 160 valence electrons. The largest absolute Gasteiger partial charge is 0.497 e. The topological polar surface area (TPSA) is 109 Å². The molecular formula is C22H23N5O4. The van der Waals surface area contributed by atoms with Gasteiger partial charge in [0.2, 0.25) is 17.6 Å². The minimum absolute atomic E-state index is 0.0374. The minimum atomic E-state index is -0.346. The minimum Gasteiger partial charge on any atom is -0.497 e. The Balaban J connectivity index is 1.28. The maximum atomic E-state index is 12.6. The Bertz CT molecular complexity index is 1030. The molecule has 1 saturated heterocycles. The fourth-order valence-corrected chi connectivity index (χ4v) is 3.62. The highest BCUT2D eigenvalue weighted by Gasteiger charge is 2.27. The fraction of sp³-hybridized carbons (Fsp3) is 0.364. The average molecular weight is 421 g/mol. The Morgan fingerprint density at radius 1 is 1.23 bits per heavy atom. The van der Waals surface area contributed by atoms with Gasteiger partial charge in [-0.05, 0) is 29.8 Å². The van der Waals surface area contributed by atoms with Gasteiger partial charge in [-0.2, -0.15) is 10.2 Å². The normalized spacial score (nSPS) is 15.4. The predicted molar refractivity (Wildman–Crippen MR) is 110 cm³/mol. The van der Waals surface area contributed by atoms with E-state index < -0.39 is 0 Å². The Hall–Kier alpha value is -3.64. The quantitative estimate of drug-likeness (QED) is 0.573. The molecule has 31 heavy (non-hydrogen) atoms. The van der Waals surface area contributed by atoms with Crippen LogP contribution in [0.2, 0.25) is 0 Å². The van der Waals surface area contributed by atoms with Crippen molar-refractivity contribution in [2.45, 2.75) is 18.9 Å². The third-order valence-corrected chi connectivity index (χ3v) is 5.35. The lowest BCUT2D eigenvalue weighted by atomic mass is 10.1. The number of rotatable bonds is 7. The van der Waals surface area contributed by atoms with E-state index in [0.717, 1.165) is 11.3 Å². The van der Waals surface area contributed by atoms with Gasteiger partial charge >= 0.3 is 0 Å². The summed E-state index contributed by atoms with van der Waals surface area (Å²) in [5.41, 5.74) is 0.923. The first-order valence-electron chi connectivity index (χ1n) is 10.1. The van der Waals surface area contributed by atoms with Crippen molar-refractivity contribution in [3.63, 3.8) is 0 Å². The molecule has 1 amide bonds. The molecule has 1 unspecified atom stereocenters. The van der Waals surface area contributed by atoms with Crippen molar-refractivity contribution in [2.24, 2.45) is 0 Å². The van der Waals surface area contributed by atoms with E-state index in [2.05, 4.69) is 21.1 Å². The number of amides is 1. The Labute approximate surface area is 179 Å². The Kier molecular flexibility index (Phi) is 6.29. The van der Waals surface area contributed by atoms with Gasteiger partial charge in [0, 0.05) is 39.0 Å². The second-order valence-electron chi connectivity index (χ2n) is 7.21. The lowest BCUT2D eigenvalue weighted by Gasteiger charge is -2.37. The van der Waals surface area contributed by atoms with E-state index in [-0.39, 0.29) is 11.9 Å². The number of methoxy groups -OCH3 is 1. The first kappa shape index (κ1) is 20.6. The molecule has 0 aliphatic carbocycles. The van der Waals surface area contributed by atoms with Gasteiger partial charge < -0.3 is 18.6 Å². The number of nitrogens with zero attached hydrogens (tertiary/aromatic N) is 5. The molecule has 0 spiro atoms. The van der Waals surface area contributed by atoms with Crippen LogP contribution in [0, 0.1) is 11.3 Å². The summed E-state index contributed by atoms with van der Waals surface area (Å²) in [6.07, 6.45) is 2.21. The van der Waals surface area contributed by atoms with Crippen LogP contribution in [0.4, 0.5) is 0 Å². The average Bonchev–Trinajstić information content (AvgIpc) is 3.51. The van der Waals surface area contributed by atoms with Crippen LogP contribution in [-0.2, 0) is 11.2 Å². The van der Waals surface area contributed by atoms with Gasteiger partial charge in [0.25, 0.3) is 0 Å². The number of carbonyl (C=O) groups excluding carboxylic acids is 1. The van der Waals surface area contributed by atoms with Crippen LogP contribution in [0.15, 0.2) is 51.6 Å². The third kappa shape index (κ3) is 4.75. The van der Waals surface area contributed by atoms with E-state index in [0.29, 0.717) is 56.5 Å². The van der Waals surface area contributed by atoms with E-state index in [1.165, 1.54) is 0 Å². The van der Waals surface area contributed by atoms with Crippen LogP contribution in [0.1, 0.15) is 23.9 Å². The highest BCUT2D eigenvalue weighted by molar-refractivity contribution is 5.76. The van der Waals surface area contributed by atoms with Crippen LogP contribution in [0.5, 0.6) is 5.75 Å². The molecule has 0 N–H and O–H groups in total. The molecule has 1 aliphatic heterocycles. The summed E-state index contributed by atoms with van der Waals surface area (Å²) >= 11 is 0. The van der Waals surface area contributed by atoms with Gasteiger partial charge in [0.1, 0.15) is 11.8 Å². The van der Waals surface area contributed by atoms with Crippen molar-refractivity contribution < 1.29 is 18.5 Å². The first-order chi connectivity index (χ1) is 15.2. The van der Waals surface area contributed by atoms with Crippen molar-refractivity contribution in [1.82, 2.24) is 19.9 Å². The molecule has 2 aromatic heterocycles. The molecule has 0 bridgehead atoms. The van der Waals surface area contributed by atoms with E-state index in [9.17, 15) is 10.1 Å². The number of hydrogen-bond donors (Lipinski definition) is 0. The molecule has 9 nitrogen and oxygen atoms in total. The van der Waals surface area contributed by atoms with Crippen molar-refractivity contribution in [3.8, 4) is 23.4 Å². The van der Waals surface area contributed by atoms with Crippen LogP contribution in [-0.4, -0.2) is 59.1 Å². The number of benzene rings is 1. The number of aryl methyl sites for hydroxylation is 1. The Morgan fingerprint density at radius 3 is 2.65 bits per heavy atom. The summed E-state index contributed by atoms with van der Waals surface area (Å²) in [5, 5.41) is 13.6. The van der Waals surface area contributed by atoms with E-state index in [1.54, 1.807) is 25.5 Å². The number of aromatic nitrogens is 2. The van der Waals surface area contributed by atoms with Gasteiger partial charge in [0.05, 0.1) is 19.4 Å². The van der Waals surface area contributed by atoms with E-state index in [4.69, 9.17) is 13.7 Å². The zero-order valence-corrected chi connectivity index (χ0v) is 17.2. The Morgan fingerprint density at radius 2 is 2.00 bits per heavy atom. The number of hydrogen-bond acceptors (Lipinski definition) is 8. The number of nitriles is 1. The number of furan rings is 1. The number of carbonyl (C=O) groups is 1. The lowest BCUT2D eigenvalue weighted by Crippen LogP contribution is -2.49. The van der Waals surface area contributed by atoms with Crippen molar-refractivity contribution in [2.75, 3.05) is 33.3 Å². The molecule has 1 aliphatic rings. The second kappa shape index (κ2) is 9.45. The highest BCUT2D eigenvalue weighted by Crippen LogP contribution is 2.24. The summed E-state index contributed by atoms with van der Waals surface area (Å²) in [4.78, 5) is 20.8. The standard InChI is InChI=1S/C22H23N5O4/c1-29-17-6-4-16(5-7-17)18(15-23)26-10-12-27(13-11-26)21(28)9-8-20-24-22(25-31-20)19-3-2-14-30-19/h2-7,14,18H,8-13H2,1H3. The van der Waals surface area contributed by atoms with Crippen molar-refractivity contribution >= 4 is 5.91 Å². The number of ether oxygens (including phenoxy) is 1. The van der Waals surface area contributed by atoms with Gasteiger partial charge in [-0.25, -0.2) is 0 Å². The molecule has 3 aromatic rings. The lowest BCUT2D eigenvalue weighted by molar-refractivity contribution is -0.133. The van der Waals surface area contributed by atoms with Gasteiger partial charge in [-0.3, -0.25) is 9.69 Å².